The molecule has 1 aromatic heterocycles. The van der Waals surface area contributed by atoms with E-state index in [1.54, 1.807) is 0 Å². The summed E-state index contributed by atoms with van der Waals surface area (Å²) in [4.78, 5) is 4.82. The van der Waals surface area contributed by atoms with E-state index < -0.39 is 0 Å². The first kappa shape index (κ1) is 20.2. The Bertz CT molecular complexity index is 1110. The Labute approximate surface area is 178 Å². The Kier molecular flexibility index (Phi) is 5.63. The third-order valence-corrected chi connectivity index (χ3v) is 5.44. The van der Waals surface area contributed by atoms with Gasteiger partial charge in [-0.2, -0.15) is 0 Å². The minimum Gasteiger partial charge on any atom is -0.488 e. The second-order valence-electron chi connectivity index (χ2n) is 8.79. The highest BCUT2D eigenvalue weighted by molar-refractivity contribution is 5.81. The van der Waals surface area contributed by atoms with Crippen molar-refractivity contribution in [3.05, 3.63) is 95.6 Å². The second kappa shape index (κ2) is 8.35. The van der Waals surface area contributed by atoms with Crippen molar-refractivity contribution in [1.29, 1.82) is 0 Å². The number of aromatic nitrogens is 1. The Morgan fingerprint density at radius 3 is 2.60 bits per heavy atom. The summed E-state index contributed by atoms with van der Waals surface area (Å²) in [5.74, 6) is 1.73. The van der Waals surface area contributed by atoms with Crippen LogP contribution in [0.2, 0.25) is 0 Å². The van der Waals surface area contributed by atoms with E-state index in [9.17, 15) is 0 Å². The number of allylic oxidation sites excluding steroid dienone is 5. The van der Waals surface area contributed by atoms with E-state index in [0.717, 1.165) is 34.4 Å². The molecular weight excluding hydrogens is 370 g/mol. The third-order valence-electron chi connectivity index (χ3n) is 5.44. The summed E-state index contributed by atoms with van der Waals surface area (Å²) >= 11 is 0. The zero-order valence-electron chi connectivity index (χ0n) is 18.2. The quantitative estimate of drug-likeness (QED) is 0.455. The maximum atomic E-state index is 6.27. The normalized spacial score (nSPS) is 16.9. The fourth-order valence-electron chi connectivity index (χ4n) is 3.52. The van der Waals surface area contributed by atoms with E-state index >= 15 is 0 Å². The molecule has 1 heterocycles. The predicted octanol–water partition coefficient (Wildman–Crippen LogP) is 7.21. The molecule has 1 unspecified atom stereocenters. The Morgan fingerprint density at radius 1 is 1.07 bits per heavy atom. The summed E-state index contributed by atoms with van der Waals surface area (Å²) in [6.07, 6.45) is 9.50. The van der Waals surface area contributed by atoms with E-state index in [1.165, 1.54) is 5.56 Å². The van der Waals surface area contributed by atoms with Crippen molar-refractivity contribution in [2.45, 2.75) is 46.1 Å². The largest absolute Gasteiger partial charge is 0.488 e. The van der Waals surface area contributed by atoms with Gasteiger partial charge in [-0.05, 0) is 53.2 Å². The number of fused-ring (bicyclic) bond motifs is 1. The minimum atomic E-state index is 0.0653. The van der Waals surface area contributed by atoms with Crippen LogP contribution in [0.5, 0.6) is 0 Å². The molecule has 0 bridgehead atoms. The number of oxazole rings is 1. The molecule has 3 aromatic rings. The van der Waals surface area contributed by atoms with Gasteiger partial charge in [-0.15, -0.1) is 0 Å². The van der Waals surface area contributed by atoms with Crippen molar-refractivity contribution in [2.24, 2.45) is 5.92 Å². The average molecular weight is 400 g/mol. The first-order valence-electron chi connectivity index (χ1n) is 10.6. The summed E-state index contributed by atoms with van der Waals surface area (Å²) in [5.41, 5.74) is 4.99. The zero-order chi connectivity index (χ0) is 21.1. The number of ether oxygens (including phenoxy) is 1. The van der Waals surface area contributed by atoms with Crippen molar-refractivity contribution >= 4 is 16.7 Å². The molecule has 0 saturated carbocycles. The summed E-state index contributed by atoms with van der Waals surface area (Å²) in [6.45, 7) is 9.30. The van der Waals surface area contributed by atoms with E-state index in [0.29, 0.717) is 18.4 Å². The van der Waals surface area contributed by atoms with Gasteiger partial charge in [0.15, 0.2) is 5.58 Å². The van der Waals surface area contributed by atoms with Gasteiger partial charge in [-0.25, -0.2) is 4.98 Å². The van der Waals surface area contributed by atoms with Crippen LogP contribution in [0.4, 0.5) is 0 Å². The van der Waals surface area contributed by atoms with Crippen LogP contribution in [0.1, 0.15) is 51.1 Å². The van der Waals surface area contributed by atoms with Crippen LogP contribution in [-0.2, 0) is 16.8 Å². The van der Waals surface area contributed by atoms with Crippen molar-refractivity contribution in [3.8, 4) is 0 Å². The van der Waals surface area contributed by atoms with Crippen LogP contribution in [0.25, 0.3) is 16.7 Å². The molecule has 4 rings (SSSR count). The summed E-state index contributed by atoms with van der Waals surface area (Å²) in [7, 11) is 0. The maximum absolute atomic E-state index is 6.27. The van der Waals surface area contributed by atoms with Gasteiger partial charge in [0.05, 0.1) is 5.57 Å². The van der Waals surface area contributed by atoms with Crippen LogP contribution in [0, 0.1) is 5.92 Å². The van der Waals surface area contributed by atoms with Crippen LogP contribution < -0.4 is 0 Å². The first-order valence-corrected chi connectivity index (χ1v) is 10.6. The zero-order valence-corrected chi connectivity index (χ0v) is 18.2. The summed E-state index contributed by atoms with van der Waals surface area (Å²) < 4.78 is 12.4. The number of rotatable bonds is 5. The molecule has 30 heavy (non-hydrogen) atoms. The fourth-order valence-corrected chi connectivity index (χ4v) is 3.52. The number of hydrogen-bond donors (Lipinski definition) is 0. The van der Waals surface area contributed by atoms with Crippen LogP contribution in [0.15, 0.2) is 83.0 Å². The van der Waals surface area contributed by atoms with Gasteiger partial charge in [0.2, 0.25) is 5.89 Å². The van der Waals surface area contributed by atoms with Crippen LogP contribution >= 0.6 is 0 Å². The Morgan fingerprint density at radius 2 is 1.87 bits per heavy atom. The smallest absolute Gasteiger partial charge is 0.231 e. The number of benzene rings is 2. The van der Waals surface area contributed by atoms with E-state index in [1.807, 2.05) is 30.3 Å². The number of hydrogen-bond acceptors (Lipinski definition) is 3. The highest BCUT2D eigenvalue weighted by Crippen LogP contribution is 2.33. The van der Waals surface area contributed by atoms with Crippen molar-refractivity contribution in [3.63, 3.8) is 0 Å². The van der Waals surface area contributed by atoms with Gasteiger partial charge in [-0.1, -0.05) is 76.2 Å². The fraction of sp³-hybridized carbons (Fsp3) is 0.296. The molecule has 1 atom stereocenters. The third kappa shape index (κ3) is 4.40. The molecule has 0 amide bonds. The lowest BCUT2D eigenvalue weighted by Crippen LogP contribution is -2.10. The van der Waals surface area contributed by atoms with Gasteiger partial charge in [0, 0.05) is 0 Å². The molecule has 3 nitrogen and oxygen atoms in total. The lowest BCUT2D eigenvalue weighted by molar-refractivity contribution is 0.211. The molecule has 0 fully saturated rings. The summed E-state index contributed by atoms with van der Waals surface area (Å²) in [6, 6.07) is 16.5. The van der Waals surface area contributed by atoms with Crippen LogP contribution in [0.3, 0.4) is 0 Å². The van der Waals surface area contributed by atoms with Gasteiger partial charge < -0.3 is 9.15 Å². The Hall–Kier alpha value is -3.07. The molecule has 0 spiro atoms. The molecule has 1 aliphatic carbocycles. The van der Waals surface area contributed by atoms with Gasteiger partial charge in [0.25, 0.3) is 0 Å². The van der Waals surface area contributed by atoms with E-state index in [-0.39, 0.29) is 5.41 Å². The van der Waals surface area contributed by atoms with E-state index in [2.05, 4.69) is 70.2 Å². The topological polar surface area (TPSA) is 35.3 Å². The van der Waals surface area contributed by atoms with E-state index in [4.69, 9.17) is 14.1 Å². The Balaban J connectivity index is 1.69. The van der Waals surface area contributed by atoms with Gasteiger partial charge >= 0.3 is 0 Å². The monoisotopic (exact) mass is 399 g/mol. The molecule has 0 radical (unpaired) electrons. The summed E-state index contributed by atoms with van der Waals surface area (Å²) in [5, 5.41) is 0. The highest BCUT2D eigenvalue weighted by atomic mass is 16.5. The number of nitrogens with zero attached hydrogens (tertiary/aromatic N) is 1. The molecular formula is C27H29NO2. The molecule has 3 heteroatoms. The molecule has 1 aliphatic rings. The highest BCUT2D eigenvalue weighted by Gasteiger charge is 2.21. The van der Waals surface area contributed by atoms with Gasteiger partial charge in [0.1, 0.15) is 17.9 Å². The SMILES string of the molecule is CCC1C=CC=C(c2nc3cc(C(C)(C)C)ccc3o2)C(OCc2ccccc2)=C1. The van der Waals surface area contributed by atoms with Crippen LogP contribution in [-0.4, -0.2) is 4.98 Å². The van der Waals surface area contributed by atoms with Crippen molar-refractivity contribution in [2.75, 3.05) is 0 Å². The molecule has 154 valence electrons. The van der Waals surface area contributed by atoms with Crippen molar-refractivity contribution < 1.29 is 9.15 Å². The lowest BCUT2D eigenvalue weighted by atomic mass is 9.87. The van der Waals surface area contributed by atoms with Gasteiger partial charge in [-0.3, -0.25) is 0 Å². The predicted molar refractivity (Wildman–Crippen MR) is 123 cm³/mol. The molecule has 2 aromatic carbocycles. The van der Waals surface area contributed by atoms with Crippen molar-refractivity contribution in [1.82, 2.24) is 4.98 Å². The standard InChI is InChI=1S/C27H29NO2/c1-5-19-12-9-13-22(25(16-19)29-18-20-10-7-6-8-11-20)26-28-23-17-21(27(2,3)4)14-15-24(23)30-26/h6-17,19H,5,18H2,1-4H3. The minimum absolute atomic E-state index is 0.0653. The molecule has 0 saturated heterocycles. The maximum Gasteiger partial charge on any atom is 0.231 e. The first-order chi connectivity index (χ1) is 14.4. The molecule has 0 aliphatic heterocycles. The lowest BCUT2D eigenvalue weighted by Gasteiger charge is -2.18. The second-order valence-corrected chi connectivity index (χ2v) is 8.79. The average Bonchev–Trinajstić information content (AvgIpc) is 3.05. The molecule has 0 N–H and O–H groups in total.